The highest BCUT2D eigenvalue weighted by atomic mass is 16.6. The van der Waals surface area contributed by atoms with Gasteiger partial charge < -0.3 is 19.7 Å². The Hall–Kier alpha value is -1.92. The van der Waals surface area contributed by atoms with Crippen LogP contribution in [0, 0.1) is 6.92 Å². The SMILES string of the molecule is COC(=O)c1ccc(C(CO)C(O)OC=O)c(C)c1. The minimum Gasteiger partial charge on any atom is -0.465 e. The molecule has 0 aliphatic carbocycles. The topological polar surface area (TPSA) is 93.1 Å². The molecule has 0 amide bonds. The third-order valence-corrected chi connectivity index (χ3v) is 2.83. The van der Waals surface area contributed by atoms with Crippen LogP contribution in [0.4, 0.5) is 0 Å². The summed E-state index contributed by atoms with van der Waals surface area (Å²) in [5.74, 6) is -1.24. The van der Waals surface area contributed by atoms with E-state index >= 15 is 0 Å². The van der Waals surface area contributed by atoms with Crippen LogP contribution < -0.4 is 0 Å². The molecule has 0 saturated carbocycles. The van der Waals surface area contributed by atoms with E-state index in [9.17, 15) is 19.8 Å². The van der Waals surface area contributed by atoms with Crippen molar-refractivity contribution in [3.05, 3.63) is 34.9 Å². The van der Waals surface area contributed by atoms with Crippen LogP contribution in [0.15, 0.2) is 18.2 Å². The molecule has 1 aromatic rings. The monoisotopic (exact) mass is 268 g/mol. The largest absolute Gasteiger partial charge is 0.465 e. The number of rotatable bonds is 6. The standard InChI is InChI=1S/C13H16O6/c1-8-5-9(12(16)18-2)3-4-10(8)11(6-14)13(17)19-7-15/h3-5,7,11,13-14,17H,6H2,1-2H3. The van der Waals surface area contributed by atoms with Gasteiger partial charge in [-0.3, -0.25) is 4.79 Å². The first kappa shape index (κ1) is 15.1. The number of aryl methyl sites for hydroxylation is 1. The first-order valence-corrected chi connectivity index (χ1v) is 5.62. The second kappa shape index (κ2) is 6.86. The van der Waals surface area contributed by atoms with Crippen molar-refractivity contribution in [1.82, 2.24) is 0 Å². The summed E-state index contributed by atoms with van der Waals surface area (Å²) in [5, 5.41) is 18.9. The molecule has 0 aliphatic heterocycles. The molecule has 2 atom stereocenters. The Morgan fingerprint density at radius 2 is 2.16 bits per heavy atom. The van der Waals surface area contributed by atoms with Gasteiger partial charge in [0.05, 0.1) is 25.2 Å². The fraction of sp³-hybridized carbons (Fsp3) is 0.385. The molecule has 0 fully saturated rings. The van der Waals surface area contributed by atoms with Crippen LogP contribution in [0.3, 0.4) is 0 Å². The van der Waals surface area contributed by atoms with Crippen molar-refractivity contribution in [2.24, 2.45) is 0 Å². The van der Waals surface area contributed by atoms with Gasteiger partial charge in [0.1, 0.15) is 0 Å². The van der Waals surface area contributed by atoms with Crippen LogP contribution in [0.2, 0.25) is 0 Å². The molecular formula is C13H16O6. The van der Waals surface area contributed by atoms with Crippen LogP contribution in [0.25, 0.3) is 0 Å². The minimum absolute atomic E-state index is 0.117. The Bertz CT molecular complexity index is 456. The lowest BCUT2D eigenvalue weighted by atomic mass is 9.93. The molecule has 2 unspecified atom stereocenters. The molecule has 0 saturated heterocycles. The summed E-state index contributed by atoms with van der Waals surface area (Å²) in [6.07, 6.45) is -1.44. The van der Waals surface area contributed by atoms with E-state index in [1.54, 1.807) is 19.1 Å². The van der Waals surface area contributed by atoms with E-state index in [1.165, 1.54) is 13.2 Å². The third-order valence-electron chi connectivity index (χ3n) is 2.83. The fourth-order valence-electron chi connectivity index (χ4n) is 1.83. The number of aliphatic hydroxyl groups excluding tert-OH is 2. The average Bonchev–Trinajstić information content (AvgIpc) is 2.40. The average molecular weight is 268 g/mol. The fourth-order valence-corrected chi connectivity index (χ4v) is 1.83. The maximum atomic E-state index is 11.4. The summed E-state index contributed by atoms with van der Waals surface area (Å²) in [6, 6.07) is 4.68. The summed E-state index contributed by atoms with van der Waals surface area (Å²) in [7, 11) is 1.28. The Balaban J connectivity index is 3.05. The van der Waals surface area contributed by atoms with E-state index in [0.29, 0.717) is 16.7 Å². The maximum Gasteiger partial charge on any atom is 0.337 e. The van der Waals surface area contributed by atoms with Crippen LogP contribution >= 0.6 is 0 Å². The summed E-state index contributed by atoms with van der Waals surface area (Å²) in [6.45, 7) is 1.44. The van der Waals surface area contributed by atoms with Gasteiger partial charge in [0.15, 0.2) is 0 Å². The Morgan fingerprint density at radius 1 is 1.47 bits per heavy atom. The zero-order valence-electron chi connectivity index (χ0n) is 10.7. The van der Waals surface area contributed by atoms with Crippen molar-refractivity contribution >= 4 is 12.4 Å². The van der Waals surface area contributed by atoms with Gasteiger partial charge in [-0.2, -0.15) is 0 Å². The Kier molecular flexibility index (Phi) is 5.47. The zero-order valence-corrected chi connectivity index (χ0v) is 10.7. The molecule has 6 nitrogen and oxygen atoms in total. The van der Waals surface area contributed by atoms with Crippen LogP contribution in [-0.2, 0) is 14.3 Å². The van der Waals surface area contributed by atoms with Gasteiger partial charge in [0.2, 0.25) is 6.29 Å². The lowest BCUT2D eigenvalue weighted by Gasteiger charge is -2.21. The number of hydrogen-bond acceptors (Lipinski definition) is 6. The van der Waals surface area contributed by atoms with Gasteiger partial charge in [-0.15, -0.1) is 0 Å². The molecule has 0 radical (unpaired) electrons. The molecule has 2 N–H and O–H groups in total. The smallest absolute Gasteiger partial charge is 0.337 e. The molecule has 0 aliphatic rings. The van der Waals surface area contributed by atoms with E-state index < -0.39 is 24.8 Å². The quantitative estimate of drug-likeness (QED) is 0.439. The number of carbonyl (C=O) groups excluding carboxylic acids is 2. The molecule has 1 rings (SSSR count). The van der Waals surface area contributed by atoms with Gasteiger partial charge in [0.25, 0.3) is 6.47 Å². The minimum atomic E-state index is -1.44. The molecule has 0 aromatic heterocycles. The van der Waals surface area contributed by atoms with Gasteiger partial charge in [-0.1, -0.05) is 6.07 Å². The number of carbonyl (C=O) groups is 2. The lowest BCUT2D eigenvalue weighted by Crippen LogP contribution is -2.25. The Labute approximate surface area is 110 Å². The molecule has 0 bridgehead atoms. The maximum absolute atomic E-state index is 11.4. The second-order valence-electron chi connectivity index (χ2n) is 3.97. The highest BCUT2D eigenvalue weighted by Crippen LogP contribution is 2.24. The van der Waals surface area contributed by atoms with Gasteiger partial charge in [-0.05, 0) is 30.2 Å². The zero-order chi connectivity index (χ0) is 14.4. The van der Waals surface area contributed by atoms with E-state index in [-0.39, 0.29) is 6.47 Å². The number of aliphatic hydroxyl groups is 2. The first-order valence-electron chi connectivity index (χ1n) is 5.62. The predicted octanol–water partition coefficient (Wildman–Crippen LogP) is 0.349. The normalized spacial score (nSPS) is 13.5. The van der Waals surface area contributed by atoms with Crippen molar-refractivity contribution in [1.29, 1.82) is 0 Å². The van der Waals surface area contributed by atoms with Crippen LogP contribution in [-0.4, -0.2) is 42.7 Å². The van der Waals surface area contributed by atoms with E-state index in [1.807, 2.05) is 0 Å². The molecule has 104 valence electrons. The summed E-state index contributed by atoms with van der Waals surface area (Å²) >= 11 is 0. The highest BCUT2D eigenvalue weighted by Gasteiger charge is 2.23. The predicted molar refractivity (Wildman–Crippen MR) is 65.5 cm³/mol. The van der Waals surface area contributed by atoms with Gasteiger partial charge >= 0.3 is 5.97 Å². The summed E-state index contributed by atoms with van der Waals surface area (Å²) in [5.41, 5.74) is 1.63. The van der Waals surface area contributed by atoms with Crippen molar-refractivity contribution in [2.45, 2.75) is 19.1 Å². The first-order chi connectivity index (χ1) is 9.04. The molecule has 0 spiro atoms. The van der Waals surface area contributed by atoms with Crippen LogP contribution in [0.5, 0.6) is 0 Å². The van der Waals surface area contributed by atoms with Gasteiger partial charge in [0, 0.05) is 0 Å². The molecule has 0 heterocycles. The second-order valence-corrected chi connectivity index (χ2v) is 3.97. The number of methoxy groups -OCH3 is 1. The van der Waals surface area contributed by atoms with Crippen molar-refractivity contribution in [2.75, 3.05) is 13.7 Å². The molecule has 1 aromatic carbocycles. The number of ether oxygens (including phenoxy) is 2. The lowest BCUT2D eigenvalue weighted by molar-refractivity contribution is -0.157. The Morgan fingerprint density at radius 3 is 2.63 bits per heavy atom. The van der Waals surface area contributed by atoms with E-state index in [2.05, 4.69) is 9.47 Å². The van der Waals surface area contributed by atoms with Crippen molar-refractivity contribution < 1.29 is 29.3 Å². The number of esters is 1. The third kappa shape index (κ3) is 3.52. The molecular weight excluding hydrogens is 252 g/mol. The van der Waals surface area contributed by atoms with Gasteiger partial charge in [-0.25, -0.2) is 4.79 Å². The van der Waals surface area contributed by atoms with E-state index in [4.69, 9.17) is 0 Å². The van der Waals surface area contributed by atoms with E-state index in [0.717, 1.165) is 0 Å². The number of hydrogen-bond donors (Lipinski definition) is 2. The molecule has 6 heteroatoms. The summed E-state index contributed by atoms with van der Waals surface area (Å²) < 4.78 is 9.02. The van der Waals surface area contributed by atoms with Crippen molar-refractivity contribution in [3.8, 4) is 0 Å². The van der Waals surface area contributed by atoms with Crippen LogP contribution in [0.1, 0.15) is 27.4 Å². The molecule has 19 heavy (non-hydrogen) atoms. The highest BCUT2D eigenvalue weighted by molar-refractivity contribution is 5.89. The van der Waals surface area contributed by atoms with Crippen molar-refractivity contribution in [3.63, 3.8) is 0 Å². The number of benzene rings is 1. The summed E-state index contributed by atoms with van der Waals surface area (Å²) in [4.78, 5) is 21.6.